The first kappa shape index (κ1) is 10.7. The third kappa shape index (κ3) is 1.69. The van der Waals surface area contributed by atoms with Crippen LogP contribution in [0.2, 0.25) is 0 Å². The van der Waals surface area contributed by atoms with Crippen LogP contribution >= 0.6 is 0 Å². The van der Waals surface area contributed by atoms with E-state index in [1.165, 1.54) is 12.1 Å². The maximum absolute atomic E-state index is 13.0. The van der Waals surface area contributed by atoms with Crippen LogP contribution < -0.4 is 5.73 Å². The lowest BCUT2D eigenvalue weighted by Crippen LogP contribution is -1.91. The molecule has 0 spiro atoms. The van der Waals surface area contributed by atoms with Gasteiger partial charge < -0.3 is 10.2 Å². The summed E-state index contributed by atoms with van der Waals surface area (Å²) in [6, 6.07) is 7.74. The molecule has 3 aromatic rings. The van der Waals surface area contributed by atoms with Gasteiger partial charge in [-0.25, -0.2) is 9.37 Å². The Kier molecular flexibility index (Phi) is 2.26. The topological polar surface area (TPSA) is 64.9 Å². The van der Waals surface area contributed by atoms with Crippen molar-refractivity contribution in [2.75, 3.05) is 5.73 Å². The zero-order valence-electron chi connectivity index (χ0n) is 9.64. The van der Waals surface area contributed by atoms with E-state index in [-0.39, 0.29) is 5.82 Å². The van der Waals surface area contributed by atoms with E-state index in [2.05, 4.69) is 9.97 Å². The molecule has 18 heavy (non-hydrogen) atoms. The molecule has 0 aliphatic heterocycles. The van der Waals surface area contributed by atoms with Gasteiger partial charge in [-0.15, -0.1) is 0 Å². The molecule has 0 unspecified atom stereocenters. The van der Waals surface area contributed by atoms with Crippen LogP contribution in [0, 0.1) is 12.7 Å². The highest BCUT2D eigenvalue weighted by Crippen LogP contribution is 2.28. The summed E-state index contributed by atoms with van der Waals surface area (Å²) >= 11 is 0. The first-order valence-corrected chi connectivity index (χ1v) is 5.43. The molecule has 1 aromatic carbocycles. The average molecular weight is 243 g/mol. The Hall–Kier alpha value is -2.43. The molecular formula is C13H10FN3O. The molecule has 0 saturated heterocycles. The van der Waals surface area contributed by atoms with Crippen molar-refractivity contribution in [3.63, 3.8) is 0 Å². The molecule has 0 bridgehead atoms. The fraction of sp³-hybridized carbons (Fsp3) is 0.0769. The molecule has 0 atom stereocenters. The summed E-state index contributed by atoms with van der Waals surface area (Å²) in [5, 5.41) is 0. The first-order valence-electron chi connectivity index (χ1n) is 5.43. The van der Waals surface area contributed by atoms with Gasteiger partial charge in [0.1, 0.15) is 5.82 Å². The first-order chi connectivity index (χ1) is 8.63. The van der Waals surface area contributed by atoms with Crippen molar-refractivity contribution in [1.29, 1.82) is 0 Å². The summed E-state index contributed by atoms with van der Waals surface area (Å²) in [5.74, 6) is -0.0399. The molecule has 0 radical (unpaired) electrons. The van der Waals surface area contributed by atoms with Gasteiger partial charge in [0.05, 0.1) is 5.56 Å². The lowest BCUT2D eigenvalue weighted by Gasteiger charge is -2.00. The molecule has 2 aromatic heterocycles. The van der Waals surface area contributed by atoms with Crippen molar-refractivity contribution in [2.45, 2.75) is 6.92 Å². The van der Waals surface area contributed by atoms with E-state index >= 15 is 0 Å². The van der Waals surface area contributed by atoms with Crippen molar-refractivity contribution in [3.05, 3.63) is 41.8 Å². The SMILES string of the molecule is Cc1ccc2oc(-c3ccc(F)cc3N)nc2n1. The maximum Gasteiger partial charge on any atom is 0.230 e. The van der Waals surface area contributed by atoms with Crippen LogP contribution in [0.3, 0.4) is 0 Å². The molecule has 3 rings (SSSR count). The Morgan fingerprint density at radius 3 is 2.78 bits per heavy atom. The number of oxazole rings is 1. The zero-order valence-corrected chi connectivity index (χ0v) is 9.64. The van der Waals surface area contributed by atoms with Gasteiger partial charge in [0, 0.05) is 11.4 Å². The summed E-state index contributed by atoms with van der Waals surface area (Å²) in [7, 11) is 0. The predicted octanol–water partition coefficient (Wildman–Crippen LogP) is 2.92. The maximum atomic E-state index is 13.0. The molecule has 2 N–H and O–H groups in total. The van der Waals surface area contributed by atoms with Gasteiger partial charge >= 0.3 is 0 Å². The Morgan fingerprint density at radius 2 is 2.00 bits per heavy atom. The van der Waals surface area contributed by atoms with Crippen molar-refractivity contribution < 1.29 is 8.81 Å². The standard InChI is InChI=1S/C13H10FN3O/c1-7-2-5-11-12(16-7)17-13(18-11)9-4-3-8(14)6-10(9)15/h2-6H,15H2,1H3. The van der Waals surface area contributed by atoms with Gasteiger partial charge in [-0.3, -0.25) is 0 Å². The zero-order chi connectivity index (χ0) is 12.7. The number of nitrogens with two attached hydrogens (primary N) is 1. The second-order valence-electron chi connectivity index (χ2n) is 4.02. The number of hydrogen-bond acceptors (Lipinski definition) is 4. The largest absolute Gasteiger partial charge is 0.434 e. The average Bonchev–Trinajstić information content (AvgIpc) is 2.71. The van der Waals surface area contributed by atoms with E-state index in [0.29, 0.717) is 28.4 Å². The Morgan fingerprint density at radius 1 is 1.17 bits per heavy atom. The molecule has 4 nitrogen and oxygen atoms in total. The lowest BCUT2D eigenvalue weighted by molar-refractivity contribution is 0.616. The number of nitrogens with zero attached hydrogens (tertiary/aromatic N) is 2. The quantitative estimate of drug-likeness (QED) is 0.667. The number of pyridine rings is 1. The summed E-state index contributed by atoms with van der Waals surface area (Å²) in [6.07, 6.45) is 0. The minimum atomic E-state index is -0.388. The van der Waals surface area contributed by atoms with Crippen molar-refractivity contribution in [3.8, 4) is 11.5 Å². The van der Waals surface area contributed by atoms with Crippen LogP contribution in [-0.4, -0.2) is 9.97 Å². The molecule has 0 aliphatic rings. The van der Waals surface area contributed by atoms with Crippen LogP contribution in [-0.2, 0) is 0 Å². The second kappa shape index (κ2) is 3.80. The highest BCUT2D eigenvalue weighted by Gasteiger charge is 2.12. The van der Waals surface area contributed by atoms with Gasteiger partial charge in [0.15, 0.2) is 11.2 Å². The van der Waals surface area contributed by atoms with Crippen LogP contribution in [0.25, 0.3) is 22.7 Å². The highest BCUT2D eigenvalue weighted by atomic mass is 19.1. The van der Waals surface area contributed by atoms with E-state index in [9.17, 15) is 4.39 Å². The van der Waals surface area contributed by atoms with Gasteiger partial charge in [-0.05, 0) is 37.3 Å². The molecule has 0 fully saturated rings. The smallest absolute Gasteiger partial charge is 0.230 e. The van der Waals surface area contributed by atoms with Crippen molar-refractivity contribution >= 4 is 16.9 Å². The number of halogens is 1. The minimum Gasteiger partial charge on any atom is -0.434 e. The van der Waals surface area contributed by atoms with Crippen LogP contribution in [0.1, 0.15) is 5.69 Å². The summed E-state index contributed by atoms with van der Waals surface area (Å²) in [6.45, 7) is 1.88. The summed E-state index contributed by atoms with van der Waals surface area (Å²) in [5.41, 5.74) is 8.56. The van der Waals surface area contributed by atoms with Crippen molar-refractivity contribution in [2.24, 2.45) is 0 Å². The fourth-order valence-corrected chi connectivity index (χ4v) is 1.76. The number of nitrogen functional groups attached to an aromatic ring is 1. The Bertz CT molecular complexity index is 736. The predicted molar refractivity (Wildman–Crippen MR) is 66.3 cm³/mol. The number of hydrogen-bond donors (Lipinski definition) is 1. The van der Waals surface area contributed by atoms with E-state index in [4.69, 9.17) is 10.2 Å². The third-order valence-electron chi connectivity index (χ3n) is 2.64. The molecular weight excluding hydrogens is 233 g/mol. The molecule has 0 saturated carbocycles. The monoisotopic (exact) mass is 243 g/mol. The number of benzene rings is 1. The third-order valence-corrected chi connectivity index (χ3v) is 2.64. The summed E-state index contributed by atoms with van der Waals surface area (Å²) < 4.78 is 18.5. The molecule has 0 amide bonds. The van der Waals surface area contributed by atoms with Gasteiger partial charge in [0.2, 0.25) is 5.89 Å². The van der Waals surface area contributed by atoms with Crippen LogP contribution in [0.4, 0.5) is 10.1 Å². The molecule has 0 aliphatic carbocycles. The summed E-state index contributed by atoms with van der Waals surface area (Å²) in [4.78, 5) is 8.50. The molecule has 2 heterocycles. The number of rotatable bonds is 1. The van der Waals surface area contributed by atoms with E-state index in [1.807, 2.05) is 13.0 Å². The Labute approximate surface area is 102 Å². The second-order valence-corrected chi connectivity index (χ2v) is 4.02. The normalized spacial score (nSPS) is 11.0. The molecule has 90 valence electrons. The van der Waals surface area contributed by atoms with Crippen LogP contribution in [0.15, 0.2) is 34.7 Å². The number of fused-ring (bicyclic) bond motifs is 1. The number of anilines is 1. The van der Waals surface area contributed by atoms with Crippen molar-refractivity contribution in [1.82, 2.24) is 9.97 Å². The fourth-order valence-electron chi connectivity index (χ4n) is 1.76. The highest BCUT2D eigenvalue weighted by molar-refractivity contribution is 5.77. The van der Waals surface area contributed by atoms with Gasteiger partial charge in [-0.1, -0.05) is 0 Å². The molecule has 5 heteroatoms. The minimum absolute atomic E-state index is 0.290. The lowest BCUT2D eigenvalue weighted by atomic mass is 10.2. The van der Waals surface area contributed by atoms with E-state index < -0.39 is 0 Å². The van der Waals surface area contributed by atoms with Crippen LogP contribution in [0.5, 0.6) is 0 Å². The number of aryl methyl sites for hydroxylation is 1. The van der Waals surface area contributed by atoms with E-state index in [1.54, 1.807) is 12.1 Å². The Balaban J connectivity index is 2.19. The van der Waals surface area contributed by atoms with Gasteiger partial charge in [-0.2, -0.15) is 4.98 Å². The van der Waals surface area contributed by atoms with Gasteiger partial charge in [0.25, 0.3) is 0 Å². The number of aromatic nitrogens is 2. The van der Waals surface area contributed by atoms with E-state index in [0.717, 1.165) is 5.69 Å².